The van der Waals surface area contributed by atoms with Gasteiger partial charge in [-0.1, -0.05) is 112 Å². The Kier molecular flexibility index (Phi) is 18.0. The number of hydrogen-bond donors (Lipinski definition) is 0. The van der Waals surface area contributed by atoms with Crippen LogP contribution >= 0.6 is 70.0 Å². The molecular formula is C17H31Cl6N. The van der Waals surface area contributed by atoms with Crippen LogP contribution in [0.1, 0.15) is 96.3 Å². The predicted octanol–water partition coefficient (Wildman–Crippen LogP) is 9.38. The maximum Gasteiger partial charge on any atom is 0.190 e. The third kappa shape index (κ3) is 20.0. The van der Waals surface area contributed by atoms with Crippen LogP contribution in [-0.2, 0) is 0 Å². The first kappa shape index (κ1) is 25.7. The highest BCUT2D eigenvalue weighted by Crippen LogP contribution is 2.32. The lowest BCUT2D eigenvalue weighted by Gasteiger charge is -2.11. The Bertz CT molecular complexity index is 270. The first-order chi connectivity index (χ1) is 11.3. The normalized spacial score (nSPS) is 13.6. The molecule has 0 aromatic rings. The fraction of sp³-hybridized carbons (Fsp3) is 1.00. The van der Waals surface area contributed by atoms with E-state index < -0.39 is 3.79 Å². The van der Waals surface area contributed by atoms with Crippen LogP contribution in [0.5, 0.6) is 0 Å². The Balaban J connectivity index is 3.10. The van der Waals surface area contributed by atoms with E-state index in [2.05, 4.69) is 0 Å². The minimum Gasteiger partial charge on any atom is -0.114 e. The zero-order valence-electron chi connectivity index (χ0n) is 14.4. The molecule has 0 aliphatic rings. The maximum absolute atomic E-state index is 5.93. The van der Waals surface area contributed by atoms with E-state index in [1.165, 1.54) is 70.6 Å². The molecule has 1 nitrogen and oxygen atoms in total. The third-order valence-electron chi connectivity index (χ3n) is 4.11. The van der Waals surface area contributed by atoms with Gasteiger partial charge in [-0.15, -0.1) is 15.5 Å². The molecule has 0 aromatic carbocycles. The van der Waals surface area contributed by atoms with Gasteiger partial charge in [-0.3, -0.25) is 0 Å². The lowest BCUT2D eigenvalue weighted by Crippen LogP contribution is -2.10. The van der Waals surface area contributed by atoms with Crippen molar-refractivity contribution in [1.29, 1.82) is 0 Å². The quantitative estimate of drug-likeness (QED) is 0.0956. The number of nitrogens with zero attached hydrogens (tertiary/aromatic N) is 1. The van der Waals surface area contributed by atoms with Crippen molar-refractivity contribution >= 4 is 70.0 Å². The summed E-state index contributed by atoms with van der Waals surface area (Å²) in [6.45, 7) is 0. The molecule has 24 heavy (non-hydrogen) atoms. The molecule has 0 fully saturated rings. The van der Waals surface area contributed by atoms with Crippen LogP contribution in [-0.4, -0.2) is 13.2 Å². The molecule has 0 aromatic heterocycles. The average molecular weight is 462 g/mol. The Morgan fingerprint density at radius 3 is 1.25 bits per heavy atom. The second-order valence-electron chi connectivity index (χ2n) is 6.44. The van der Waals surface area contributed by atoms with E-state index in [4.69, 9.17) is 70.0 Å². The Labute approximate surface area is 178 Å². The molecule has 0 saturated heterocycles. The molecule has 0 radical (unpaired) electrons. The van der Waals surface area contributed by atoms with Crippen molar-refractivity contribution in [2.24, 2.45) is 0 Å². The van der Waals surface area contributed by atoms with E-state index in [-0.39, 0.29) is 5.50 Å². The van der Waals surface area contributed by atoms with Gasteiger partial charge in [0.25, 0.3) is 0 Å². The summed E-state index contributed by atoms with van der Waals surface area (Å²) in [6, 6.07) is 0. The van der Waals surface area contributed by atoms with Crippen molar-refractivity contribution in [2.75, 3.05) is 0 Å². The maximum atomic E-state index is 5.93. The van der Waals surface area contributed by atoms with E-state index in [0.717, 1.165) is 23.2 Å². The van der Waals surface area contributed by atoms with Gasteiger partial charge in [0.2, 0.25) is 0 Å². The van der Waals surface area contributed by atoms with E-state index in [1.807, 2.05) is 0 Å². The molecule has 1 unspecified atom stereocenters. The SMILES string of the molecule is ClC(CCCCCCCCCCCCCCCC(Cl)(Cl)Cl)N(Cl)Cl. The van der Waals surface area contributed by atoms with E-state index in [0.29, 0.717) is 6.42 Å². The Hall–Kier alpha value is 1.70. The highest BCUT2D eigenvalue weighted by Gasteiger charge is 2.17. The Morgan fingerprint density at radius 1 is 0.583 bits per heavy atom. The first-order valence-corrected chi connectivity index (χ1v) is 11.4. The molecule has 0 spiro atoms. The molecule has 146 valence electrons. The van der Waals surface area contributed by atoms with Gasteiger partial charge in [-0.2, -0.15) is 0 Å². The van der Waals surface area contributed by atoms with Gasteiger partial charge in [0, 0.05) is 0 Å². The molecule has 0 N–H and O–H groups in total. The van der Waals surface area contributed by atoms with E-state index >= 15 is 0 Å². The average Bonchev–Trinajstić information content (AvgIpc) is 2.49. The summed E-state index contributed by atoms with van der Waals surface area (Å²) in [6.07, 6.45) is 17.8. The van der Waals surface area contributed by atoms with Gasteiger partial charge in [0.1, 0.15) is 5.50 Å². The zero-order valence-corrected chi connectivity index (χ0v) is 18.9. The van der Waals surface area contributed by atoms with Crippen molar-refractivity contribution < 1.29 is 0 Å². The van der Waals surface area contributed by atoms with Crippen molar-refractivity contribution in [3.05, 3.63) is 0 Å². The van der Waals surface area contributed by atoms with Crippen molar-refractivity contribution in [3.63, 3.8) is 0 Å². The van der Waals surface area contributed by atoms with E-state index in [1.54, 1.807) is 0 Å². The minimum absolute atomic E-state index is 0.268. The summed E-state index contributed by atoms with van der Waals surface area (Å²) >= 11 is 34.2. The summed E-state index contributed by atoms with van der Waals surface area (Å²) in [5.74, 6) is 0. The summed E-state index contributed by atoms with van der Waals surface area (Å²) in [5.41, 5.74) is -0.268. The smallest absolute Gasteiger partial charge is 0.114 e. The fourth-order valence-electron chi connectivity index (χ4n) is 2.68. The van der Waals surface area contributed by atoms with Crippen LogP contribution < -0.4 is 0 Å². The van der Waals surface area contributed by atoms with Crippen molar-refractivity contribution in [2.45, 2.75) is 106 Å². The fourth-order valence-corrected chi connectivity index (χ4v) is 3.43. The second kappa shape index (κ2) is 16.8. The van der Waals surface area contributed by atoms with Crippen LogP contribution in [0.2, 0.25) is 0 Å². The van der Waals surface area contributed by atoms with Crippen LogP contribution in [0.3, 0.4) is 0 Å². The lowest BCUT2D eigenvalue weighted by molar-refractivity contribution is 0.511. The molecule has 0 aliphatic heterocycles. The van der Waals surface area contributed by atoms with Gasteiger partial charge in [-0.05, 0) is 42.8 Å². The molecule has 0 bridgehead atoms. The topological polar surface area (TPSA) is 3.24 Å². The lowest BCUT2D eigenvalue weighted by atomic mass is 10.0. The molecular weight excluding hydrogens is 431 g/mol. The number of rotatable bonds is 16. The van der Waals surface area contributed by atoms with Crippen molar-refractivity contribution in [3.8, 4) is 0 Å². The monoisotopic (exact) mass is 459 g/mol. The minimum atomic E-state index is -1.07. The van der Waals surface area contributed by atoms with Gasteiger partial charge in [0.05, 0.1) is 0 Å². The van der Waals surface area contributed by atoms with Gasteiger partial charge < -0.3 is 0 Å². The highest BCUT2D eigenvalue weighted by molar-refractivity contribution is 6.67. The molecule has 1 atom stereocenters. The predicted molar refractivity (Wildman–Crippen MR) is 113 cm³/mol. The largest absolute Gasteiger partial charge is 0.190 e. The van der Waals surface area contributed by atoms with Gasteiger partial charge in [-0.25, -0.2) is 0 Å². The third-order valence-corrected chi connectivity index (χ3v) is 5.77. The molecule has 0 amide bonds. The summed E-state index contributed by atoms with van der Waals surface area (Å²) < 4.78 is -0.0390. The summed E-state index contributed by atoms with van der Waals surface area (Å²) in [7, 11) is 0. The van der Waals surface area contributed by atoms with Crippen LogP contribution in [0, 0.1) is 0 Å². The molecule has 0 rings (SSSR count). The molecule has 0 heterocycles. The first-order valence-electron chi connectivity index (χ1n) is 9.14. The van der Waals surface area contributed by atoms with Crippen LogP contribution in [0.4, 0.5) is 0 Å². The van der Waals surface area contributed by atoms with Crippen LogP contribution in [0.25, 0.3) is 0 Å². The second-order valence-corrected chi connectivity index (χ2v) is 10.4. The van der Waals surface area contributed by atoms with Gasteiger partial charge >= 0.3 is 0 Å². The zero-order chi connectivity index (χ0) is 18.3. The van der Waals surface area contributed by atoms with Crippen molar-refractivity contribution in [1.82, 2.24) is 3.94 Å². The van der Waals surface area contributed by atoms with E-state index in [9.17, 15) is 0 Å². The highest BCUT2D eigenvalue weighted by atomic mass is 35.6. The standard InChI is InChI=1S/C17H31Cl6N/c18-16(24(22)23)14-12-10-8-6-4-2-1-3-5-7-9-11-13-15-17(19,20)21/h16H,1-15H2. The molecule has 7 heteroatoms. The number of alkyl halides is 4. The number of unbranched alkanes of at least 4 members (excludes halogenated alkanes) is 12. The summed E-state index contributed by atoms with van der Waals surface area (Å²) in [4.78, 5) is 0. The Morgan fingerprint density at radius 2 is 0.917 bits per heavy atom. The number of halogens is 6. The summed E-state index contributed by atoms with van der Waals surface area (Å²) in [5, 5.41) is 0. The van der Waals surface area contributed by atoms with Crippen LogP contribution in [0.15, 0.2) is 0 Å². The molecule has 0 aliphatic carbocycles. The number of hydrogen-bond acceptors (Lipinski definition) is 1. The van der Waals surface area contributed by atoms with Gasteiger partial charge in [0.15, 0.2) is 3.79 Å². The molecule has 0 saturated carbocycles.